The second-order valence-corrected chi connectivity index (χ2v) is 6.44. The number of hydrogen-bond acceptors (Lipinski definition) is 7. The number of carbonyl (C=O) groups excluding carboxylic acids is 2. The first-order valence-electron chi connectivity index (χ1n) is 6.84. The predicted molar refractivity (Wildman–Crippen MR) is 93.7 cm³/mol. The second kappa shape index (κ2) is 7.98. The van der Waals surface area contributed by atoms with E-state index >= 15 is 0 Å². The number of methoxy groups -OCH3 is 1. The normalized spacial score (nSPS) is 15.3. The number of hydrogen-bond donors (Lipinski definition) is 1. The fourth-order valence-corrected chi connectivity index (χ4v) is 3.14. The summed E-state index contributed by atoms with van der Waals surface area (Å²) in [6, 6.07) is 3.43. The molecule has 8 heteroatoms. The Morgan fingerprint density at radius 1 is 1.50 bits per heavy atom. The van der Waals surface area contributed by atoms with Crippen molar-refractivity contribution in [3.63, 3.8) is 0 Å². The van der Waals surface area contributed by atoms with Crippen molar-refractivity contribution in [1.29, 1.82) is 0 Å². The highest BCUT2D eigenvalue weighted by molar-refractivity contribution is 8.26. The number of rotatable bonds is 7. The van der Waals surface area contributed by atoms with Crippen LogP contribution in [0.25, 0.3) is 6.08 Å². The molecule has 1 aliphatic heterocycles. The molecule has 0 radical (unpaired) electrons. The van der Waals surface area contributed by atoms with Crippen molar-refractivity contribution >= 4 is 46.3 Å². The van der Waals surface area contributed by atoms with Crippen LogP contribution in [0.15, 0.2) is 29.7 Å². The summed E-state index contributed by atoms with van der Waals surface area (Å²) in [5.74, 6) is -0.928. The third-order valence-electron chi connectivity index (χ3n) is 3.01. The number of carboxylic acids is 1. The number of thiocarbonyl (C=S) groups is 1. The van der Waals surface area contributed by atoms with Crippen molar-refractivity contribution in [2.24, 2.45) is 0 Å². The molecule has 1 aliphatic rings. The fourth-order valence-electron chi connectivity index (χ4n) is 2.09. The van der Waals surface area contributed by atoms with Crippen LogP contribution in [0.2, 0.25) is 0 Å². The third-order valence-corrected chi connectivity index (χ3v) is 4.18. The van der Waals surface area contributed by atoms with Crippen molar-refractivity contribution in [2.45, 2.75) is 6.42 Å². The Labute approximate surface area is 148 Å². The van der Waals surface area contributed by atoms with E-state index in [1.54, 1.807) is 24.3 Å². The van der Waals surface area contributed by atoms with Gasteiger partial charge in [0.05, 0.1) is 18.0 Å². The van der Waals surface area contributed by atoms with Gasteiger partial charge < -0.3 is 24.7 Å². The number of aliphatic carboxylic acids is 1. The lowest BCUT2D eigenvalue weighted by Gasteiger charge is -2.16. The highest BCUT2D eigenvalue weighted by Crippen LogP contribution is 2.35. The SMILES string of the molecule is C=CCc1cc(/C=C2\SC(=S)NC2=O)cc(OC)c1OCC(=O)[O-]. The molecule has 2 rings (SSSR count). The van der Waals surface area contributed by atoms with Gasteiger partial charge in [-0.3, -0.25) is 4.79 Å². The summed E-state index contributed by atoms with van der Waals surface area (Å²) < 4.78 is 11.0. The van der Waals surface area contributed by atoms with Crippen LogP contribution in [0.4, 0.5) is 0 Å². The summed E-state index contributed by atoms with van der Waals surface area (Å²) in [4.78, 5) is 22.9. The van der Waals surface area contributed by atoms with Gasteiger partial charge in [0.15, 0.2) is 11.5 Å². The number of carboxylic acid groups (broad SMARTS) is 1. The van der Waals surface area contributed by atoms with Crippen LogP contribution in [-0.2, 0) is 16.0 Å². The van der Waals surface area contributed by atoms with Gasteiger partial charge in [0.1, 0.15) is 10.9 Å². The van der Waals surface area contributed by atoms with Gasteiger partial charge in [0.25, 0.3) is 5.91 Å². The Morgan fingerprint density at radius 2 is 2.25 bits per heavy atom. The van der Waals surface area contributed by atoms with Crippen LogP contribution in [0.3, 0.4) is 0 Å². The van der Waals surface area contributed by atoms with Gasteiger partial charge in [-0.25, -0.2) is 0 Å². The van der Waals surface area contributed by atoms with Gasteiger partial charge in [-0.2, -0.15) is 0 Å². The van der Waals surface area contributed by atoms with Gasteiger partial charge in [0, 0.05) is 5.56 Å². The minimum absolute atomic E-state index is 0.258. The average Bonchev–Trinajstić information content (AvgIpc) is 2.83. The lowest BCUT2D eigenvalue weighted by molar-refractivity contribution is -0.307. The molecule has 1 aromatic rings. The van der Waals surface area contributed by atoms with E-state index in [4.69, 9.17) is 21.7 Å². The standard InChI is InChI=1S/C16H15NO5S2/c1-3-4-10-5-9(7-12-15(20)17-16(23)24-12)6-11(21-2)14(10)22-8-13(18)19/h3,5-7H,1,4,8H2,2H3,(H,18,19)(H,17,20,23)/p-1/b12-7-. The molecule has 0 aliphatic carbocycles. The van der Waals surface area contributed by atoms with Crippen molar-refractivity contribution in [3.05, 3.63) is 40.8 Å². The molecule has 0 unspecified atom stereocenters. The summed E-state index contributed by atoms with van der Waals surface area (Å²) in [6.45, 7) is 3.09. The Bertz CT molecular complexity index is 742. The fraction of sp³-hybridized carbons (Fsp3) is 0.188. The van der Waals surface area contributed by atoms with E-state index in [-0.39, 0.29) is 5.91 Å². The summed E-state index contributed by atoms with van der Waals surface area (Å²) >= 11 is 6.13. The second-order valence-electron chi connectivity index (χ2n) is 4.72. The number of carbonyl (C=O) groups is 2. The van der Waals surface area contributed by atoms with Crippen molar-refractivity contribution in [1.82, 2.24) is 5.32 Å². The monoisotopic (exact) mass is 364 g/mol. The van der Waals surface area contributed by atoms with E-state index < -0.39 is 12.6 Å². The van der Waals surface area contributed by atoms with Crippen LogP contribution in [0, 0.1) is 0 Å². The van der Waals surface area contributed by atoms with Crippen molar-refractivity contribution < 1.29 is 24.2 Å². The number of thioether (sulfide) groups is 1. The van der Waals surface area contributed by atoms with Gasteiger partial charge in [-0.1, -0.05) is 30.1 Å². The largest absolute Gasteiger partial charge is 0.546 e. The van der Waals surface area contributed by atoms with E-state index in [1.807, 2.05) is 0 Å². The first-order chi connectivity index (χ1) is 11.4. The first kappa shape index (κ1) is 18.0. The van der Waals surface area contributed by atoms with E-state index in [1.165, 1.54) is 18.9 Å². The quantitative estimate of drug-likeness (QED) is 0.439. The van der Waals surface area contributed by atoms with Crippen LogP contribution in [0.5, 0.6) is 11.5 Å². The molecule has 0 spiro atoms. The van der Waals surface area contributed by atoms with E-state index in [2.05, 4.69) is 11.9 Å². The lowest BCUT2D eigenvalue weighted by Crippen LogP contribution is -2.29. The Kier molecular flexibility index (Phi) is 5.99. The molecule has 0 saturated carbocycles. The summed E-state index contributed by atoms with van der Waals surface area (Å²) in [5.41, 5.74) is 1.38. The minimum Gasteiger partial charge on any atom is -0.546 e. The molecule has 1 saturated heterocycles. The van der Waals surface area contributed by atoms with Gasteiger partial charge in [0.2, 0.25) is 0 Å². The molecule has 1 amide bonds. The maximum atomic E-state index is 11.8. The minimum atomic E-state index is -1.33. The molecule has 1 N–H and O–H groups in total. The van der Waals surface area contributed by atoms with Crippen LogP contribution < -0.4 is 19.9 Å². The maximum absolute atomic E-state index is 11.8. The maximum Gasteiger partial charge on any atom is 0.263 e. The van der Waals surface area contributed by atoms with Crippen LogP contribution >= 0.6 is 24.0 Å². The van der Waals surface area contributed by atoms with Crippen molar-refractivity contribution in [3.8, 4) is 11.5 Å². The Morgan fingerprint density at radius 3 is 2.79 bits per heavy atom. The third kappa shape index (κ3) is 4.36. The molecular formula is C16H14NO5S2-. The zero-order chi connectivity index (χ0) is 17.7. The number of allylic oxidation sites excluding steroid dienone is 1. The molecule has 0 bridgehead atoms. The number of amides is 1. The number of ether oxygens (including phenoxy) is 2. The molecule has 1 aromatic carbocycles. The average molecular weight is 364 g/mol. The van der Waals surface area contributed by atoms with Gasteiger partial charge >= 0.3 is 0 Å². The molecule has 0 atom stereocenters. The van der Waals surface area contributed by atoms with Crippen LogP contribution in [-0.4, -0.2) is 29.9 Å². The molecule has 1 fully saturated rings. The molecule has 0 aromatic heterocycles. The Balaban J connectivity index is 2.43. The zero-order valence-corrected chi connectivity index (χ0v) is 14.4. The first-order valence-corrected chi connectivity index (χ1v) is 8.06. The van der Waals surface area contributed by atoms with Crippen molar-refractivity contribution in [2.75, 3.05) is 13.7 Å². The molecule has 1 heterocycles. The molecule has 126 valence electrons. The summed E-state index contributed by atoms with van der Waals surface area (Å²) in [5, 5.41) is 13.2. The summed E-state index contributed by atoms with van der Waals surface area (Å²) in [6.07, 6.45) is 3.77. The summed E-state index contributed by atoms with van der Waals surface area (Å²) in [7, 11) is 1.45. The molecular weight excluding hydrogens is 350 g/mol. The van der Waals surface area contributed by atoms with E-state index in [0.717, 1.165) is 0 Å². The number of nitrogens with one attached hydrogen (secondary N) is 1. The van der Waals surface area contributed by atoms with Crippen LogP contribution in [0.1, 0.15) is 11.1 Å². The molecule has 6 nitrogen and oxygen atoms in total. The lowest BCUT2D eigenvalue weighted by atomic mass is 10.0. The van der Waals surface area contributed by atoms with Gasteiger partial charge in [-0.15, -0.1) is 6.58 Å². The zero-order valence-electron chi connectivity index (χ0n) is 12.8. The highest BCUT2D eigenvalue weighted by atomic mass is 32.2. The van der Waals surface area contributed by atoms with E-state index in [0.29, 0.717) is 38.3 Å². The van der Waals surface area contributed by atoms with E-state index in [9.17, 15) is 14.7 Å². The molecule has 24 heavy (non-hydrogen) atoms. The topological polar surface area (TPSA) is 87.7 Å². The highest BCUT2D eigenvalue weighted by Gasteiger charge is 2.22. The predicted octanol–water partition coefficient (Wildman–Crippen LogP) is 1.04. The Hall–Kier alpha value is -2.32. The van der Waals surface area contributed by atoms with Gasteiger partial charge in [-0.05, 0) is 30.2 Å². The number of benzene rings is 1. The smallest absolute Gasteiger partial charge is 0.263 e.